The second kappa shape index (κ2) is 8.85. The highest BCUT2D eigenvalue weighted by Crippen LogP contribution is 2.35. The van der Waals surface area contributed by atoms with E-state index in [1.54, 1.807) is 0 Å². The number of para-hydroxylation sites is 1. The van der Waals surface area contributed by atoms with Gasteiger partial charge in [0.15, 0.2) is 6.10 Å². The average molecular weight is 415 g/mol. The summed E-state index contributed by atoms with van der Waals surface area (Å²) in [7, 11) is 0. The molecule has 1 heterocycles. The van der Waals surface area contributed by atoms with Crippen LogP contribution in [0.5, 0.6) is 0 Å². The maximum Gasteiger partial charge on any atom is 0.327 e. The summed E-state index contributed by atoms with van der Waals surface area (Å²) >= 11 is 0. The average Bonchev–Trinajstić information content (AvgIpc) is 3.28. The van der Waals surface area contributed by atoms with Gasteiger partial charge in [0.25, 0.3) is 11.8 Å². The fourth-order valence-corrected chi connectivity index (χ4v) is 4.05. The molecule has 0 aromatic heterocycles. The predicted octanol–water partition coefficient (Wildman–Crippen LogP) is 2.93. The van der Waals surface area contributed by atoms with Crippen LogP contribution in [0.3, 0.4) is 0 Å². The molecule has 2 atom stereocenters. The Kier molecular flexibility index (Phi) is 6.43. The van der Waals surface area contributed by atoms with Gasteiger partial charge in [0.05, 0.1) is 0 Å². The molecule has 4 amide bonds. The number of nitrogens with one attached hydrogen (secondary N) is 2. The van der Waals surface area contributed by atoms with Crippen LogP contribution < -0.4 is 10.6 Å². The van der Waals surface area contributed by atoms with Gasteiger partial charge < -0.3 is 15.4 Å². The van der Waals surface area contributed by atoms with Gasteiger partial charge in [-0.1, -0.05) is 44.9 Å². The summed E-state index contributed by atoms with van der Waals surface area (Å²) in [6.45, 7) is 5.10. The number of carbonyl (C=O) groups excluding carboxylic acids is 4. The van der Waals surface area contributed by atoms with E-state index in [2.05, 4.69) is 24.5 Å². The lowest BCUT2D eigenvalue weighted by Gasteiger charge is -2.20. The highest BCUT2D eigenvalue weighted by molar-refractivity contribution is 6.09. The molecular weight excluding hydrogens is 386 g/mol. The Hall–Kier alpha value is -2.90. The molecular formula is C22H29N3O5. The van der Waals surface area contributed by atoms with E-state index in [4.69, 9.17) is 4.74 Å². The van der Waals surface area contributed by atoms with Crippen molar-refractivity contribution in [2.24, 2.45) is 0 Å². The second-order valence-corrected chi connectivity index (χ2v) is 8.13. The van der Waals surface area contributed by atoms with Crippen LogP contribution in [0.2, 0.25) is 0 Å². The van der Waals surface area contributed by atoms with Crippen LogP contribution >= 0.6 is 0 Å². The molecule has 3 rings (SSSR count). The lowest BCUT2D eigenvalue weighted by Crippen LogP contribution is -2.44. The maximum absolute atomic E-state index is 12.6. The zero-order valence-electron chi connectivity index (χ0n) is 17.7. The van der Waals surface area contributed by atoms with Crippen molar-refractivity contribution in [3.05, 3.63) is 29.8 Å². The Morgan fingerprint density at radius 2 is 1.87 bits per heavy atom. The van der Waals surface area contributed by atoms with Gasteiger partial charge in [-0.2, -0.15) is 0 Å². The molecule has 1 aromatic rings. The molecule has 1 spiro atoms. The standard InChI is InChI=1S/C22H29N3O5/c1-4-14(2)16-9-5-6-10-17(16)23-19(27)15(3)30-18(26)13-25-20(28)22(24-21(25)29)11-7-8-12-22/h5-6,9-10,14-15H,4,7-8,11-13H2,1-3H3,(H,23,27)(H,24,29)/t14-,15-/m1/s1. The van der Waals surface area contributed by atoms with Crippen LogP contribution in [-0.2, 0) is 19.1 Å². The molecule has 8 nitrogen and oxygen atoms in total. The fourth-order valence-electron chi connectivity index (χ4n) is 4.05. The van der Waals surface area contributed by atoms with Crippen LogP contribution in [0.4, 0.5) is 10.5 Å². The van der Waals surface area contributed by atoms with Gasteiger partial charge in [-0.3, -0.25) is 19.3 Å². The van der Waals surface area contributed by atoms with Gasteiger partial charge in [-0.05, 0) is 43.7 Å². The first-order valence-corrected chi connectivity index (χ1v) is 10.5. The smallest absolute Gasteiger partial charge is 0.327 e. The number of carbonyl (C=O) groups is 4. The third kappa shape index (κ3) is 4.32. The van der Waals surface area contributed by atoms with E-state index >= 15 is 0 Å². The van der Waals surface area contributed by atoms with Crippen molar-refractivity contribution in [2.45, 2.75) is 70.4 Å². The van der Waals surface area contributed by atoms with E-state index in [0.29, 0.717) is 18.5 Å². The first kappa shape index (κ1) is 21.8. The molecule has 0 radical (unpaired) electrons. The number of hydrogen-bond acceptors (Lipinski definition) is 5. The van der Waals surface area contributed by atoms with Crippen LogP contribution in [0.25, 0.3) is 0 Å². The Balaban J connectivity index is 1.58. The van der Waals surface area contributed by atoms with Crippen molar-refractivity contribution in [3.8, 4) is 0 Å². The van der Waals surface area contributed by atoms with Gasteiger partial charge in [-0.25, -0.2) is 4.79 Å². The molecule has 1 saturated carbocycles. The van der Waals surface area contributed by atoms with Crippen LogP contribution in [0, 0.1) is 0 Å². The topological polar surface area (TPSA) is 105 Å². The van der Waals surface area contributed by atoms with E-state index in [0.717, 1.165) is 29.7 Å². The van der Waals surface area contributed by atoms with Crippen molar-refractivity contribution < 1.29 is 23.9 Å². The van der Waals surface area contributed by atoms with Gasteiger partial charge in [0.1, 0.15) is 12.1 Å². The first-order valence-electron chi connectivity index (χ1n) is 10.5. The fraction of sp³-hybridized carbons (Fsp3) is 0.545. The molecule has 1 aliphatic carbocycles. The molecule has 1 aliphatic heterocycles. The molecule has 1 saturated heterocycles. The largest absolute Gasteiger partial charge is 0.451 e. The minimum atomic E-state index is -1.07. The highest BCUT2D eigenvalue weighted by Gasteiger charge is 2.52. The molecule has 30 heavy (non-hydrogen) atoms. The van der Waals surface area contributed by atoms with Crippen molar-refractivity contribution in [1.29, 1.82) is 0 Å². The zero-order valence-corrected chi connectivity index (χ0v) is 17.7. The first-order chi connectivity index (χ1) is 14.3. The Bertz CT molecular complexity index is 847. The molecule has 2 aliphatic rings. The number of urea groups is 1. The number of amides is 4. The lowest BCUT2D eigenvalue weighted by atomic mass is 9.97. The maximum atomic E-state index is 12.6. The summed E-state index contributed by atoms with van der Waals surface area (Å²) < 4.78 is 5.20. The van der Waals surface area contributed by atoms with Crippen LogP contribution in [0.15, 0.2) is 24.3 Å². The quantitative estimate of drug-likeness (QED) is 0.526. The Labute approximate surface area is 176 Å². The van der Waals surface area contributed by atoms with Crippen molar-refractivity contribution in [1.82, 2.24) is 10.2 Å². The SMILES string of the molecule is CC[C@@H](C)c1ccccc1NC(=O)[C@@H](C)OC(=O)CN1C(=O)NC2(CCCC2)C1=O. The summed E-state index contributed by atoms with van der Waals surface area (Å²) in [5.41, 5.74) is 0.810. The Morgan fingerprint density at radius 3 is 2.53 bits per heavy atom. The number of rotatable bonds is 7. The van der Waals surface area contributed by atoms with E-state index in [1.807, 2.05) is 24.3 Å². The molecule has 8 heteroatoms. The second-order valence-electron chi connectivity index (χ2n) is 8.13. The summed E-state index contributed by atoms with van der Waals surface area (Å²) in [4.78, 5) is 50.5. The molecule has 0 unspecified atom stereocenters. The number of anilines is 1. The summed E-state index contributed by atoms with van der Waals surface area (Å²) in [5.74, 6) is -1.39. The predicted molar refractivity (Wildman–Crippen MR) is 111 cm³/mol. The minimum absolute atomic E-state index is 0.266. The van der Waals surface area contributed by atoms with Crippen LogP contribution in [-0.4, -0.2) is 46.9 Å². The van der Waals surface area contributed by atoms with Crippen LogP contribution in [0.1, 0.15) is 64.4 Å². The summed E-state index contributed by atoms with van der Waals surface area (Å²) in [5, 5.41) is 5.52. The third-order valence-electron chi connectivity index (χ3n) is 6.03. The summed E-state index contributed by atoms with van der Waals surface area (Å²) in [6, 6.07) is 6.92. The van der Waals surface area contributed by atoms with Crippen molar-refractivity contribution in [2.75, 3.05) is 11.9 Å². The van der Waals surface area contributed by atoms with Crippen molar-refractivity contribution in [3.63, 3.8) is 0 Å². The highest BCUT2D eigenvalue weighted by atomic mass is 16.5. The molecule has 2 N–H and O–H groups in total. The zero-order chi connectivity index (χ0) is 21.9. The lowest BCUT2D eigenvalue weighted by molar-refractivity contribution is -0.155. The molecule has 0 bridgehead atoms. The minimum Gasteiger partial charge on any atom is -0.451 e. The van der Waals surface area contributed by atoms with Gasteiger partial charge in [0.2, 0.25) is 0 Å². The van der Waals surface area contributed by atoms with Gasteiger partial charge in [-0.15, -0.1) is 0 Å². The van der Waals surface area contributed by atoms with E-state index in [-0.39, 0.29) is 11.8 Å². The number of imide groups is 1. The van der Waals surface area contributed by atoms with Gasteiger partial charge >= 0.3 is 12.0 Å². The molecule has 162 valence electrons. The number of ether oxygens (including phenoxy) is 1. The summed E-state index contributed by atoms with van der Waals surface area (Å²) in [6.07, 6.45) is 2.74. The third-order valence-corrected chi connectivity index (χ3v) is 6.03. The number of hydrogen-bond donors (Lipinski definition) is 2. The van der Waals surface area contributed by atoms with Crippen molar-refractivity contribution >= 4 is 29.5 Å². The van der Waals surface area contributed by atoms with E-state index < -0.39 is 36.1 Å². The molecule has 2 fully saturated rings. The number of nitrogens with zero attached hydrogens (tertiary/aromatic N) is 1. The number of benzene rings is 1. The normalized spacial score (nSPS) is 19.5. The monoisotopic (exact) mass is 415 g/mol. The van der Waals surface area contributed by atoms with Gasteiger partial charge in [0, 0.05) is 5.69 Å². The number of esters is 1. The van der Waals surface area contributed by atoms with E-state index in [9.17, 15) is 19.2 Å². The van der Waals surface area contributed by atoms with E-state index in [1.165, 1.54) is 6.92 Å². The molecule has 1 aromatic carbocycles. The Morgan fingerprint density at radius 1 is 1.20 bits per heavy atom.